The summed E-state index contributed by atoms with van der Waals surface area (Å²) in [6, 6.07) is 6.11. The molecule has 14 heavy (non-hydrogen) atoms. The molecular weight excluding hydrogens is 242 g/mol. The molecule has 0 aliphatic rings. The van der Waals surface area contributed by atoms with Crippen LogP contribution in [0.5, 0.6) is 0 Å². The van der Waals surface area contributed by atoms with Gasteiger partial charge in [-0.15, -0.1) is 0 Å². The van der Waals surface area contributed by atoms with Crippen LogP contribution < -0.4 is 5.73 Å². The van der Waals surface area contributed by atoms with Crippen molar-refractivity contribution in [2.24, 2.45) is 5.73 Å². The Balaban J connectivity index is 3.17. The van der Waals surface area contributed by atoms with E-state index in [2.05, 4.69) is 22.0 Å². The molecule has 0 aromatic heterocycles. The lowest BCUT2D eigenvalue weighted by Gasteiger charge is -2.26. The highest BCUT2D eigenvalue weighted by atomic mass is 79.9. The Morgan fingerprint density at radius 3 is 2.50 bits per heavy atom. The van der Waals surface area contributed by atoms with Crippen molar-refractivity contribution in [3.63, 3.8) is 0 Å². The molecular formula is C11H16BrNO. The summed E-state index contributed by atoms with van der Waals surface area (Å²) in [4.78, 5) is 0. The van der Waals surface area contributed by atoms with Crippen LogP contribution in [0.3, 0.4) is 0 Å². The largest absolute Gasteiger partial charge is 0.395 e. The lowest BCUT2D eigenvalue weighted by atomic mass is 9.83. The Bertz CT molecular complexity index is 301. The lowest BCUT2D eigenvalue weighted by molar-refractivity contribution is 0.210. The number of nitrogens with two attached hydrogens (primary N) is 1. The number of aliphatic hydroxyl groups excluding tert-OH is 1. The van der Waals surface area contributed by atoms with Gasteiger partial charge in [-0.05, 0) is 30.2 Å². The summed E-state index contributed by atoms with van der Waals surface area (Å²) in [6.07, 6.45) is 0. The van der Waals surface area contributed by atoms with E-state index in [1.54, 1.807) is 0 Å². The molecule has 0 radical (unpaired) electrons. The third kappa shape index (κ3) is 2.35. The van der Waals surface area contributed by atoms with Crippen molar-refractivity contribution in [3.8, 4) is 0 Å². The van der Waals surface area contributed by atoms with Crippen molar-refractivity contribution in [3.05, 3.63) is 33.8 Å². The highest BCUT2D eigenvalue weighted by molar-refractivity contribution is 9.10. The molecule has 3 N–H and O–H groups in total. The van der Waals surface area contributed by atoms with E-state index in [4.69, 9.17) is 5.73 Å². The number of halogens is 1. The molecule has 1 unspecified atom stereocenters. The van der Waals surface area contributed by atoms with Crippen LogP contribution in [0.4, 0.5) is 0 Å². The van der Waals surface area contributed by atoms with Crippen LogP contribution in [-0.4, -0.2) is 18.3 Å². The smallest absolute Gasteiger partial charge is 0.0537 e. The Kier molecular flexibility index (Phi) is 3.70. The predicted octanol–water partition coefficient (Wildman–Crippen LogP) is 1.97. The van der Waals surface area contributed by atoms with E-state index in [1.807, 2.05) is 26.0 Å². The summed E-state index contributed by atoms with van der Waals surface area (Å²) in [6.45, 7) is 4.51. The maximum Gasteiger partial charge on any atom is 0.0537 e. The minimum absolute atomic E-state index is 0.0688. The van der Waals surface area contributed by atoms with Gasteiger partial charge in [0.05, 0.1) is 6.61 Å². The van der Waals surface area contributed by atoms with Crippen LogP contribution in [0, 0.1) is 6.92 Å². The standard InChI is InChI=1S/C11H16BrNO/c1-8-3-9(5-10(12)4-8)11(2,6-13)7-14/h3-5,14H,6-7,13H2,1-2H3. The Hall–Kier alpha value is -0.380. The van der Waals surface area contributed by atoms with Gasteiger partial charge in [-0.2, -0.15) is 0 Å². The number of aryl methyl sites for hydroxylation is 1. The normalized spacial score (nSPS) is 15.2. The second-order valence-electron chi connectivity index (χ2n) is 3.94. The second-order valence-corrected chi connectivity index (χ2v) is 4.86. The number of hydrogen-bond donors (Lipinski definition) is 2. The number of benzene rings is 1. The fourth-order valence-corrected chi connectivity index (χ4v) is 1.97. The van der Waals surface area contributed by atoms with Gasteiger partial charge >= 0.3 is 0 Å². The number of rotatable bonds is 3. The first-order chi connectivity index (χ1) is 6.51. The van der Waals surface area contributed by atoms with Crippen LogP contribution in [0.1, 0.15) is 18.1 Å². The van der Waals surface area contributed by atoms with E-state index in [0.29, 0.717) is 6.54 Å². The Morgan fingerprint density at radius 2 is 2.07 bits per heavy atom. The van der Waals surface area contributed by atoms with Crippen LogP contribution in [-0.2, 0) is 5.41 Å². The average molecular weight is 258 g/mol. The maximum atomic E-state index is 9.33. The van der Waals surface area contributed by atoms with Crippen molar-refractivity contribution >= 4 is 15.9 Å². The molecule has 1 rings (SSSR count). The van der Waals surface area contributed by atoms with Gasteiger partial charge in [-0.3, -0.25) is 0 Å². The molecule has 0 saturated heterocycles. The number of aliphatic hydroxyl groups is 1. The minimum atomic E-state index is -0.339. The molecule has 2 nitrogen and oxygen atoms in total. The van der Waals surface area contributed by atoms with Crippen LogP contribution >= 0.6 is 15.9 Å². The van der Waals surface area contributed by atoms with Gasteiger partial charge in [0, 0.05) is 16.4 Å². The molecule has 0 heterocycles. The first-order valence-corrected chi connectivity index (χ1v) is 5.40. The minimum Gasteiger partial charge on any atom is -0.395 e. The quantitative estimate of drug-likeness (QED) is 0.870. The summed E-state index contributed by atoms with van der Waals surface area (Å²) in [5, 5.41) is 9.33. The van der Waals surface area contributed by atoms with Gasteiger partial charge < -0.3 is 10.8 Å². The third-order valence-corrected chi connectivity index (χ3v) is 3.00. The van der Waals surface area contributed by atoms with Crippen molar-refractivity contribution in [2.45, 2.75) is 19.3 Å². The second kappa shape index (κ2) is 4.43. The zero-order valence-electron chi connectivity index (χ0n) is 8.55. The molecule has 0 bridgehead atoms. The van der Waals surface area contributed by atoms with Gasteiger partial charge in [0.2, 0.25) is 0 Å². The van der Waals surface area contributed by atoms with E-state index >= 15 is 0 Å². The molecule has 0 aliphatic carbocycles. The fourth-order valence-electron chi connectivity index (χ4n) is 1.36. The number of hydrogen-bond acceptors (Lipinski definition) is 2. The van der Waals surface area contributed by atoms with Gasteiger partial charge in [0.15, 0.2) is 0 Å². The molecule has 0 spiro atoms. The topological polar surface area (TPSA) is 46.2 Å². The van der Waals surface area contributed by atoms with Gasteiger partial charge in [0.25, 0.3) is 0 Å². The molecule has 0 amide bonds. The van der Waals surface area contributed by atoms with E-state index in [0.717, 1.165) is 10.0 Å². The molecule has 1 aromatic rings. The van der Waals surface area contributed by atoms with E-state index in [-0.39, 0.29) is 12.0 Å². The molecule has 1 atom stereocenters. The lowest BCUT2D eigenvalue weighted by Crippen LogP contribution is -2.35. The molecule has 1 aromatic carbocycles. The Morgan fingerprint density at radius 1 is 1.43 bits per heavy atom. The van der Waals surface area contributed by atoms with Crippen LogP contribution in [0.15, 0.2) is 22.7 Å². The van der Waals surface area contributed by atoms with Gasteiger partial charge in [-0.1, -0.05) is 28.9 Å². The summed E-state index contributed by atoms with van der Waals surface area (Å²) in [5.41, 5.74) is 7.58. The monoisotopic (exact) mass is 257 g/mol. The molecule has 3 heteroatoms. The zero-order chi connectivity index (χ0) is 10.8. The third-order valence-electron chi connectivity index (χ3n) is 2.54. The molecule has 0 fully saturated rings. The SMILES string of the molecule is Cc1cc(Br)cc(C(C)(CN)CO)c1. The highest BCUT2D eigenvalue weighted by Gasteiger charge is 2.24. The van der Waals surface area contributed by atoms with Crippen molar-refractivity contribution in [2.75, 3.05) is 13.2 Å². The van der Waals surface area contributed by atoms with E-state index in [9.17, 15) is 5.11 Å². The highest BCUT2D eigenvalue weighted by Crippen LogP contribution is 2.26. The van der Waals surface area contributed by atoms with Crippen molar-refractivity contribution < 1.29 is 5.11 Å². The first-order valence-electron chi connectivity index (χ1n) is 4.60. The van der Waals surface area contributed by atoms with Crippen molar-refractivity contribution in [1.29, 1.82) is 0 Å². The predicted molar refractivity (Wildman–Crippen MR) is 62.4 cm³/mol. The Labute approximate surface area is 93.3 Å². The van der Waals surface area contributed by atoms with E-state index in [1.165, 1.54) is 5.56 Å². The molecule has 0 saturated carbocycles. The average Bonchev–Trinajstić information content (AvgIpc) is 2.15. The molecule has 0 aliphatic heterocycles. The van der Waals surface area contributed by atoms with Gasteiger partial charge in [-0.25, -0.2) is 0 Å². The summed E-state index contributed by atoms with van der Waals surface area (Å²) in [5.74, 6) is 0. The zero-order valence-corrected chi connectivity index (χ0v) is 10.1. The van der Waals surface area contributed by atoms with Crippen LogP contribution in [0.25, 0.3) is 0 Å². The summed E-state index contributed by atoms with van der Waals surface area (Å²) >= 11 is 3.44. The van der Waals surface area contributed by atoms with Crippen molar-refractivity contribution in [1.82, 2.24) is 0 Å². The first kappa shape index (κ1) is 11.7. The molecule has 78 valence electrons. The van der Waals surface area contributed by atoms with E-state index < -0.39 is 0 Å². The summed E-state index contributed by atoms with van der Waals surface area (Å²) < 4.78 is 1.03. The summed E-state index contributed by atoms with van der Waals surface area (Å²) in [7, 11) is 0. The fraction of sp³-hybridized carbons (Fsp3) is 0.455. The maximum absolute atomic E-state index is 9.33. The van der Waals surface area contributed by atoms with Gasteiger partial charge in [0.1, 0.15) is 0 Å². The van der Waals surface area contributed by atoms with Crippen LogP contribution in [0.2, 0.25) is 0 Å².